The van der Waals surface area contributed by atoms with E-state index in [1.165, 1.54) is 22.1 Å². The van der Waals surface area contributed by atoms with Crippen molar-refractivity contribution in [2.75, 3.05) is 14.1 Å². The van der Waals surface area contributed by atoms with Gasteiger partial charge in [0.1, 0.15) is 0 Å². The zero-order chi connectivity index (χ0) is 24.1. The number of aromatic amines is 1. The van der Waals surface area contributed by atoms with E-state index < -0.39 is 5.60 Å². The summed E-state index contributed by atoms with van der Waals surface area (Å²) >= 11 is 0. The predicted octanol–water partition coefficient (Wildman–Crippen LogP) is 5.06. The first kappa shape index (κ1) is 23.5. The summed E-state index contributed by atoms with van der Waals surface area (Å²) in [6, 6.07) is 6.56. The van der Waals surface area contributed by atoms with Gasteiger partial charge in [0.25, 0.3) is 0 Å². The van der Waals surface area contributed by atoms with Gasteiger partial charge < -0.3 is 15.5 Å². The maximum atomic E-state index is 12.1. The third-order valence-corrected chi connectivity index (χ3v) is 8.88. The van der Waals surface area contributed by atoms with E-state index in [1.807, 2.05) is 14.1 Å². The highest BCUT2D eigenvalue weighted by Crippen LogP contribution is 2.61. The number of benzene rings is 1. The second-order valence-corrected chi connectivity index (χ2v) is 11.1. The van der Waals surface area contributed by atoms with Gasteiger partial charge in [0, 0.05) is 22.4 Å². The molecule has 2 aromatic rings. The van der Waals surface area contributed by atoms with E-state index in [0.717, 1.165) is 61.7 Å². The topological polar surface area (TPSA) is 81.2 Å². The standard InChI is InChI=1S/C27H32N2O2.C2H7N/c1-16-22-15-18(4-7-24(22)29-28-16)23-6-8-25-26(23,2)11-10-20-13-19-14-21(30)5-3-17(19)9-12-27(20,25)31;1-3-2/h4,6-7,10,13,15,17,21,25,30-31H,3,5,8-9,11-12,14H2,1-2H3,(H,28,29);3H,1-2H3/t17?,21?,25?,26?,27-;/m1./s1. The molecule has 182 valence electrons. The zero-order valence-electron chi connectivity index (χ0n) is 21.0. The Kier molecular flexibility index (Phi) is 6.07. The molecule has 0 spiro atoms. The smallest absolute Gasteiger partial charge is 0.0933 e. The van der Waals surface area contributed by atoms with Gasteiger partial charge in [0.2, 0.25) is 0 Å². The largest absolute Gasteiger partial charge is 0.393 e. The minimum atomic E-state index is -0.782. The van der Waals surface area contributed by atoms with Crippen molar-refractivity contribution < 1.29 is 10.2 Å². The minimum Gasteiger partial charge on any atom is -0.393 e. The predicted molar refractivity (Wildman–Crippen MR) is 138 cm³/mol. The summed E-state index contributed by atoms with van der Waals surface area (Å²) in [6.07, 6.45) is 13.1. The summed E-state index contributed by atoms with van der Waals surface area (Å²) in [5.74, 6) is 0.712. The highest BCUT2D eigenvalue weighted by Gasteiger charge is 2.55. The Morgan fingerprint density at radius 2 is 1.94 bits per heavy atom. The first-order valence-corrected chi connectivity index (χ1v) is 12.9. The van der Waals surface area contributed by atoms with Crippen molar-refractivity contribution in [2.24, 2.45) is 17.3 Å². The van der Waals surface area contributed by atoms with E-state index in [-0.39, 0.29) is 17.4 Å². The number of aryl methyl sites for hydroxylation is 1. The number of rotatable bonds is 1. The van der Waals surface area contributed by atoms with Gasteiger partial charge >= 0.3 is 0 Å². The zero-order valence-corrected chi connectivity index (χ0v) is 21.0. The van der Waals surface area contributed by atoms with Crippen LogP contribution in [-0.4, -0.2) is 46.2 Å². The van der Waals surface area contributed by atoms with E-state index in [2.05, 4.69) is 65.8 Å². The fourth-order valence-electron chi connectivity index (χ4n) is 7.07. The molecule has 1 heterocycles. The van der Waals surface area contributed by atoms with Gasteiger partial charge in [-0.2, -0.15) is 5.10 Å². The van der Waals surface area contributed by atoms with Crippen LogP contribution in [0.5, 0.6) is 0 Å². The average Bonchev–Trinajstić information content (AvgIpc) is 3.31. The van der Waals surface area contributed by atoms with E-state index in [0.29, 0.717) is 5.92 Å². The number of aromatic nitrogens is 2. The van der Waals surface area contributed by atoms with Crippen LogP contribution in [0.15, 0.2) is 47.6 Å². The Morgan fingerprint density at radius 3 is 2.74 bits per heavy atom. The minimum absolute atomic E-state index is 0.0723. The number of H-pyrrole nitrogens is 1. The molecule has 4 unspecified atom stereocenters. The van der Waals surface area contributed by atoms with E-state index in [4.69, 9.17) is 0 Å². The lowest BCUT2D eigenvalue weighted by atomic mass is 9.58. The lowest BCUT2D eigenvalue weighted by Gasteiger charge is -2.48. The van der Waals surface area contributed by atoms with Gasteiger partial charge in [-0.1, -0.05) is 36.8 Å². The highest BCUT2D eigenvalue weighted by molar-refractivity contribution is 5.87. The summed E-state index contributed by atoms with van der Waals surface area (Å²) in [5.41, 5.74) is 6.34. The molecule has 1 fully saturated rings. The van der Waals surface area contributed by atoms with Crippen LogP contribution >= 0.6 is 0 Å². The fourth-order valence-corrected chi connectivity index (χ4v) is 7.07. The van der Waals surface area contributed by atoms with Gasteiger partial charge in [-0.25, -0.2) is 0 Å². The third kappa shape index (κ3) is 3.69. The van der Waals surface area contributed by atoms with Crippen molar-refractivity contribution >= 4 is 16.5 Å². The monoisotopic (exact) mass is 461 g/mol. The number of allylic oxidation sites excluding steroid dienone is 3. The van der Waals surface area contributed by atoms with Gasteiger partial charge in [-0.05, 0) is 101 Å². The van der Waals surface area contributed by atoms with Crippen LogP contribution in [0.25, 0.3) is 16.5 Å². The van der Waals surface area contributed by atoms with Crippen LogP contribution in [-0.2, 0) is 0 Å². The van der Waals surface area contributed by atoms with Crippen molar-refractivity contribution in [2.45, 2.75) is 70.5 Å². The van der Waals surface area contributed by atoms with Gasteiger partial charge in [0.15, 0.2) is 0 Å². The molecule has 0 aliphatic heterocycles. The van der Waals surface area contributed by atoms with Crippen molar-refractivity contribution in [1.29, 1.82) is 0 Å². The Bertz CT molecular complexity index is 1180. The van der Waals surface area contributed by atoms with Crippen molar-refractivity contribution in [3.63, 3.8) is 0 Å². The van der Waals surface area contributed by atoms with Gasteiger partial charge in [0.05, 0.1) is 17.2 Å². The van der Waals surface area contributed by atoms with Crippen LogP contribution in [0, 0.1) is 24.2 Å². The second kappa shape index (κ2) is 8.78. The van der Waals surface area contributed by atoms with Crippen LogP contribution < -0.4 is 5.32 Å². The molecular formula is C29H39N3O2. The normalized spacial score (nSPS) is 34.5. The quantitative estimate of drug-likeness (QED) is 0.479. The molecule has 4 aliphatic carbocycles. The highest BCUT2D eigenvalue weighted by atomic mass is 16.3. The number of fused-ring (bicyclic) bond motifs is 5. The summed E-state index contributed by atoms with van der Waals surface area (Å²) in [6.45, 7) is 4.42. The molecule has 0 amide bonds. The van der Waals surface area contributed by atoms with Crippen molar-refractivity contribution in [3.8, 4) is 0 Å². The number of nitrogens with zero attached hydrogens (tertiary/aromatic N) is 1. The lowest BCUT2D eigenvalue weighted by Crippen LogP contribution is -2.48. The van der Waals surface area contributed by atoms with Crippen LogP contribution in [0.3, 0.4) is 0 Å². The van der Waals surface area contributed by atoms with Crippen molar-refractivity contribution in [3.05, 3.63) is 58.8 Å². The van der Waals surface area contributed by atoms with E-state index in [1.54, 1.807) is 0 Å². The van der Waals surface area contributed by atoms with Gasteiger partial charge in [-0.3, -0.25) is 5.10 Å². The molecule has 1 aromatic carbocycles. The first-order valence-electron chi connectivity index (χ1n) is 12.9. The molecule has 1 saturated carbocycles. The van der Waals surface area contributed by atoms with E-state index >= 15 is 0 Å². The van der Waals surface area contributed by atoms with Crippen LogP contribution in [0.1, 0.15) is 63.1 Å². The number of hydrogen-bond donors (Lipinski definition) is 4. The molecule has 5 nitrogen and oxygen atoms in total. The molecule has 5 atom stereocenters. The average molecular weight is 462 g/mol. The van der Waals surface area contributed by atoms with E-state index in [9.17, 15) is 10.2 Å². The molecule has 5 heteroatoms. The van der Waals surface area contributed by atoms with Gasteiger partial charge in [-0.15, -0.1) is 0 Å². The molecule has 4 aliphatic rings. The molecule has 1 aromatic heterocycles. The Morgan fingerprint density at radius 1 is 1.15 bits per heavy atom. The summed E-state index contributed by atoms with van der Waals surface area (Å²) in [7, 11) is 3.75. The maximum Gasteiger partial charge on any atom is 0.0933 e. The lowest BCUT2D eigenvalue weighted by molar-refractivity contribution is -0.0330. The summed E-state index contributed by atoms with van der Waals surface area (Å²) in [5, 5.41) is 33.7. The first-order chi connectivity index (χ1) is 16.3. The third-order valence-electron chi connectivity index (χ3n) is 8.88. The Balaban J connectivity index is 0.000000764. The summed E-state index contributed by atoms with van der Waals surface area (Å²) in [4.78, 5) is 0. The molecule has 0 saturated heterocycles. The Hall–Kier alpha value is -2.21. The van der Waals surface area contributed by atoms with Crippen molar-refractivity contribution in [1.82, 2.24) is 15.5 Å². The number of nitrogens with one attached hydrogen (secondary N) is 2. The second-order valence-electron chi connectivity index (χ2n) is 11.1. The fraction of sp³-hybridized carbons (Fsp3) is 0.552. The molecule has 6 rings (SSSR count). The molecule has 0 bridgehead atoms. The Labute approximate surface area is 203 Å². The molecule has 34 heavy (non-hydrogen) atoms. The molecule has 0 radical (unpaired) electrons. The number of hydrogen-bond acceptors (Lipinski definition) is 4. The SMILES string of the molecule is CNC.Cc1[nH]nc2ccc(C3=CCC4C3(C)CC=C3C=C5CC(O)CCC5CC[C@@]34O)cc12. The summed E-state index contributed by atoms with van der Waals surface area (Å²) < 4.78 is 0. The molecular weight excluding hydrogens is 422 g/mol. The van der Waals surface area contributed by atoms with Crippen LogP contribution in [0.2, 0.25) is 0 Å². The number of aliphatic hydroxyl groups is 2. The maximum absolute atomic E-state index is 12.1. The number of aliphatic hydroxyl groups excluding tert-OH is 1. The van der Waals surface area contributed by atoms with Crippen LogP contribution in [0.4, 0.5) is 0 Å². The molecule has 4 N–H and O–H groups in total.